The van der Waals surface area contributed by atoms with Crippen molar-refractivity contribution in [2.75, 3.05) is 18.4 Å². The Hall–Kier alpha value is -4.14. The average Bonchev–Trinajstić information content (AvgIpc) is 3.38. The summed E-state index contributed by atoms with van der Waals surface area (Å²) in [7, 11) is 0. The zero-order valence-corrected chi connectivity index (χ0v) is 18.2. The largest absolute Gasteiger partial charge is 0.480 e. The maximum absolute atomic E-state index is 12.9. The van der Waals surface area contributed by atoms with Crippen LogP contribution in [0.4, 0.5) is 10.6 Å². The van der Waals surface area contributed by atoms with Crippen LogP contribution < -0.4 is 10.6 Å². The zero-order valence-electron chi connectivity index (χ0n) is 18.2. The van der Waals surface area contributed by atoms with Crippen molar-refractivity contribution in [1.29, 1.82) is 0 Å². The summed E-state index contributed by atoms with van der Waals surface area (Å²) >= 11 is 0. The molecule has 1 atom stereocenters. The topological polar surface area (TPSA) is 117 Å². The minimum atomic E-state index is -1.19. The summed E-state index contributed by atoms with van der Waals surface area (Å²) in [5, 5.41) is 18.9. The van der Waals surface area contributed by atoms with Crippen molar-refractivity contribution in [3.63, 3.8) is 0 Å². The lowest BCUT2D eigenvalue weighted by atomic mass is 10.0. The zero-order chi connectivity index (χ0) is 23.4. The number of nitrogens with one attached hydrogen (secondary N) is 2. The third-order valence-electron chi connectivity index (χ3n) is 5.41. The van der Waals surface area contributed by atoms with Crippen LogP contribution in [-0.4, -0.2) is 56.8 Å². The van der Waals surface area contributed by atoms with Crippen LogP contribution in [0.1, 0.15) is 18.9 Å². The van der Waals surface area contributed by atoms with Gasteiger partial charge in [0.15, 0.2) is 5.82 Å². The molecule has 33 heavy (non-hydrogen) atoms. The van der Waals surface area contributed by atoms with E-state index < -0.39 is 30.5 Å². The smallest absolute Gasteiger partial charge is 0.323 e. The number of benzene rings is 2. The van der Waals surface area contributed by atoms with Crippen LogP contribution in [0.3, 0.4) is 0 Å². The summed E-state index contributed by atoms with van der Waals surface area (Å²) in [5.74, 6) is -1.37. The second kappa shape index (κ2) is 9.56. The molecule has 3 N–H and O–H groups in total. The summed E-state index contributed by atoms with van der Waals surface area (Å²) in [6.45, 7) is 1.60. The van der Waals surface area contributed by atoms with Gasteiger partial charge in [-0.05, 0) is 30.2 Å². The molecule has 0 spiro atoms. The molecule has 1 saturated heterocycles. The number of anilines is 1. The Morgan fingerprint density at radius 2 is 1.94 bits per heavy atom. The van der Waals surface area contributed by atoms with Gasteiger partial charge in [0.1, 0.15) is 12.6 Å². The van der Waals surface area contributed by atoms with Gasteiger partial charge in [0.2, 0.25) is 5.91 Å². The van der Waals surface area contributed by atoms with Crippen LogP contribution in [0.5, 0.6) is 0 Å². The van der Waals surface area contributed by atoms with E-state index in [9.17, 15) is 14.4 Å². The maximum Gasteiger partial charge on any atom is 0.323 e. The number of amides is 3. The van der Waals surface area contributed by atoms with Gasteiger partial charge in [0, 0.05) is 18.2 Å². The minimum Gasteiger partial charge on any atom is -0.480 e. The number of carboxylic acids is 1. The standard InChI is InChI=1S/C24H25N5O4/c1-2-7-16-8-6-9-17(12-16)19-13-21(27-29(19)18-10-4-3-5-11-18)26-23(32)20-14-25-24(33)28(20)15-22(30)31/h3-6,8-13,20H,2,7,14-15H2,1H3,(H,25,33)(H,30,31)(H,26,27,32)/t20-/m0/s1. The molecule has 1 fully saturated rings. The first kappa shape index (κ1) is 22.1. The van der Waals surface area contributed by atoms with E-state index >= 15 is 0 Å². The van der Waals surface area contributed by atoms with Gasteiger partial charge in [-0.15, -0.1) is 5.10 Å². The maximum atomic E-state index is 12.9. The van der Waals surface area contributed by atoms with Gasteiger partial charge in [-0.25, -0.2) is 9.48 Å². The average molecular weight is 447 g/mol. The molecule has 2 heterocycles. The molecule has 9 heteroatoms. The lowest BCUT2D eigenvalue weighted by Gasteiger charge is -2.19. The van der Waals surface area contributed by atoms with Crippen LogP contribution in [0.25, 0.3) is 16.9 Å². The van der Waals surface area contributed by atoms with Gasteiger partial charge in [0.25, 0.3) is 0 Å². The van der Waals surface area contributed by atoms with Crippen molar-refractivity contribution >= 4 is 23.7 Å². The molecule has 0 bridgehead atoms. The molecule has 0 radical (unpaired) electrons. The summed E-state index contributed by atoms with van der Waals surface area (Å²) in [5.41, 5.74) is 3.81. The van der Waals surface area contributed by atoms with E-state index in [1.807, 2.05) is 42.5 Å². The number of aryl methyl sites for hydroxylation is 1. The van der Waals surface area contributed by atoms with Gasteiger partial charge in [-0.3, -0.25) is 14.5 Å². The lowest BCUT2D eigenvalue weighted by molar-refractivity contribution is -0.138. The highest BCUT2D eigenvalue weighted by Gasteiger charge is 2.37. The number of carboxylic acid groups (broad SMARTS) is 1. The van der Waals surface area contributed by atoms with E-state index in [1.54, 1.807) is 10.7 Å². The number of carbonyl (C=O) groups is 3. The minimum absolute atomic E-state index is 0.0310. The van der Waals surface area contributed by atoms with Gasteiger partial charge in [-0.1, -0.05) is 49.7 Å². The molecule has 4 rings (SSSR count). The number of hydrogen-bond donors (Lipinski definition) is 3. The molecule has 0 unspecified atom stereocenters. The van der Waals surface area contributed by atoms with Crippen LogP contribution in [0.15, 0.2) is 60.7 Å². The number of aromatic nitrogens is 2. The van der Waals surface area contributed by atoms with E-state index in [4.69, 9.17) is 5.11 Å². The molecule has 1 aliphatic rings. The number of urea groups is 1. The molecule has 170 valence electrons. The fourth-order valence-corrected chi connectivity index (χ4v) is 3.90. The van der Waals surface area contributed by atoms with E-state index in [1.165, 1.54) is 5.56 Å². The monoisotopic (exact) mass is 447 g/mol. The Morgan fingerprint density at radius 1 is 1.15 bits per heavy atom. The summed E-state index contributed by atoms with van der Waals surface area (Å²) < 4.78 is 1.76. The highest BCUT2D eigenvalue weighted by atomic mass is 16.4. The van der Waals surface area contributed by atoms with Gasteiger partial charge < -0.3 is 15.7 Å². The van der Waals surface area contributed by atoms with Crippen molar-refractivity contribution < 1.29 is 19.5 Å². The fraction of sp³-hybridized carbons (Fsp3) is 0.250. The molecule has 0 saturated carbocycles. The van der Waals surface area contributed by atoms with E-state index in [0.29, 0.717) is 5.82 Å². The van der Waals surface area contributed by atoms with Crippen LogP contribution in [0, 0.1) is 0 Å². The van der Waals surface area contributed by atoms with E-state index in [-0.39, 0.29) is 6.54 Å². The number of rotatable bonds is 8. The third kappa shape index (κ3) is 4.87. The highest BCUT2D eigenvalue weighted by Crippen LogP contribution is 2.27. The third-order valence-corrected chi connectivity index (χ3v) is 5.41. The Bertz CT molecular complexity index is 1170. The van der Waals surface area contributed by atoms with E-state index in [0.717, 1.165) is 34.7 Å². The molecule has 3 aromatic rings. The molecule has 0 aliphatic carbocycles. The molecule has 1 aromatic heterocycles. The lowest BCUT2D eigenvalue weighted by Crippen LogP contribution is -2.45. The highest BCUT2D eigenvalue weighted by molar-refractivity contribution is 5.99. The van der Waals surface area contributed by atoms with E-state index in [2.05, 4.69) is 34.8 Å². The second-order valence-electron chi connectivity index (χ2n) is 7.83. The Kier molecular flexibility index (Phi) is 6.39. The molecule has 9 nitrogen and oxygen atoms in total. The molecule has 2 aromatic carbocycles. The Balaban J connectivity index is 1.66. The first-order valence-corrected chi connectivity index (χ1v) is 10.8. The summed E-state index contributed by atoms with van der Waals surface area (Å²) in [6.07, 6.45) is 1.99. The van der Waals surface area contributed by atoms with Crippen molar-refractivity contribution in [2.45, 2.75) is 25.8 Å². The second-order valence-corrected chi connectivity index (χ2v) is 7.83. The SMILES string of the molecule is CCCc1cccc(-c2cc(NC(=O)[C@@H]3CNC(=O)N3CC(=O)O)nn2-c2ccccc2)c1. The molecular formula is C24H25N5O4. The van der Waals surface area contributed by atoms with Gasteiger partial charge in [-0.2, -0.15) is 0 Å². The first-order chi connectivity index (χ1) is 16.0. The number of nitrogens with zero attached hydrogens (tertiary/aromatic N) is 3. The number of hydrogen-bond acceptors (Lipinski definition) is 4. The summed E-state index contributed by atoms with van der Waals surface area (Å²) in [4.78, 5) is 36.9. The fourth-order valence-electron chi connectivity index (χ4n) is 3.90. The van der Waals surface area contributed by atoms with Crippen LogP contribution >= 0.6 is 0 Å². The van der Waals surface area contributed by atoms with Crippen molar-refractivity contribution in [2.24, 2.45) is 0 Å². The Labute approximate surface area is 191 Å². The molecule has 1 aliphatic heterocycles. The molecular weight excluding hydrogens is 422 g/mol. The summed E-state index contributed by atoms with van der Waals surface area (Å²) in [6, 6.07) is 18.0. The van der Waals surface area contributed by atoms with Gasteiger partial charge >= 0.3 is 12.0 Å². The van der Waals surface area contributed by atoms with Crippen molar-refractivity contribution in [1.82, 2.24) is 20.0 Å². The van der Waals surface area contributed by atoms with Gasteiger partial charge in [0.05, 0.1) is 11.4 Å². The van der Waals surface area contributed by atoms with Crippen LogP contribution in [-0.2, 0) is 16.0 Å². The Morgan fingerprint density at radius 3 is 2.67 bits per heavy atom. The van der Waals surface area contributed by atoms with Crippen molar-refractivity contribution in [3.8, 4) is 16.9 Å². The predicted molar refractivity (Wildman–Crippen MR) is 123 cm³/mol. The normalized spacial score (nSPS) is 15.4. The molecule has 3 amide bonds. The quantitative estimate of drug-likeness (QED) is 0.491. The number of para-hydroxylation sites is 1. The van der Waals surface area contributed by atoms with Crippen LogP contribution in [0.2, 0.25) is 0 Å². The number of aliphatic carboxylic acids is 1. The van der Waals surface area contributed by atoms with Crippen molar-refractivity contribution in [3.05, 3.63) is 66.2 Å². The predicted octanol–water partition coefficient (Wildman–Crippen LogP) is 2.91. The number of carbonyl (C=O) groups excluding carboxylic acids is 2. The first-order valence-electron chi connectivity index (χ1n) is 10.8.